The Morgan fingerprint density at radius 1 is 1.40 bits per heavy atom. The molecule has 0 aliphatic heterocycles. The molecule has 0 saturated heterocycles. The first kappa shape index (κ1) is 11.1. The number of nitrogens with one attached hydrogen (secondary N) is 1. The zero-order valence-corrected chi connectivity index (χ0v) is 8.78. The molecule has 0 unspecified atom stereocenters. The molecule has 1 aromatic carbocycles. The second-order valence-electron chi connectivity index (χ2n) is 3.60. The molecule has 0 spiro atoms. The summed E-state index contributed by atoms with van der Waals surface area (Å²) in [5, 5.41) is 2.56. The second kappa shape index (κ2) is 4.52. The molecule has 0 bridgehead atoms. The summed E-state index contributed by atoms with van der Waals surface area (Å²) in [6.45, 7) is 3.44. The average molecular weight is 203 g/mol. The maximum atomic E-state index is 11.4. The number of carbonyl (C=O) groups is 1. The third-order valence-corrected chi connectivity index (χ3v) is 1.73. The van der Waals surface area contributed by atoms with Crippen molar-refractivity contribution in [2.24, 2.45) is 0 Å². The number of hydrogen-bond acceptors (Lipinski definition) is 2. The van der Waals surface area contributed by atoms with Crippen LogP contribution in [0, 0.1) is 12.3 Å². The molecule has 0 radical (unpaired) electrons. The van der Waals surface area contributed by atoms with Crippen molar-refractivity contribution in [1.82, 2.24) is 5.32 Å². The third-order valence-electron chi connectivity index (χ3n) is 1.73. The van der Waals surface area contributed by atoms with Crippen LogP contribution in [0.4, 0.5) is 4.79 Å². The Balaban J connectivity index is 2.55. The Hall–Kier alpha value is -1.95. The Labute approximate surface area is 89.4 Å². The predicted molar refractivity (Wildman–Crippen MR) is 58.5 cm³/mol. The van der Waals surface area contributed by atoms with Crippen LogP contribution in [0.15, 0.2) is 30.3 Å². The van der Waals surface area contributed by atoms with Gasteiger partial charge < -0.3 is 10.1 Å². The maximum Gasteiger partial charge on any atom is 0.413 e. The zero-order chi connectivity index (χ0) is 11.3. The van der Waals surface area contributed by atoms with Gasteiger partial charge in [0.1, 0.15) is 5.75 Å². The highest BCUT2D eigenvalue weighted by molar-refractivity contribution is 5.71. The minimum absolute atomic E-state index is 0.489. The van der Waals surface area contributed by atoms with E-state index in [2.05, 4.69) is 11.2 Å². The van der Waals surface area contributed by atoms with Crippen molar-refractivity contribution in [2.75, 3.05) is 0 Å². The van der Waals surface area contributed by atoms with Gasteiger partial charge in [-0.1, -0.05) is 24.1 Å². The minimum Gasteiger partial charge on any atom is -0.410 e. The number of carbonyl (C=O) groups excluding carboxylic acids is 1. The summed E-state index contributed by atoms with van der Waals surface area (Å²) in [6, 6.07) is 8.81. The molecule has 0 heterocycles. The fourth-order valence-electron chi connectivity index (χ4n) is 0.912. The van der Waals surface area contributed by atoms with Gasteiger partial charge in [-0.25, -0.2) is 4.79 Å². The van der Waals surface area contributed by atoms with E-state index in [9.17, 15) is 4.79 Å². The molecule has 1 amide bonds. The number of benzene rings is 1. The summed E-state index contributed by atoms with van der Waals surface area (Å²) in [5.74, 6) is 2.93. The van der Waals surface area contributed by atoms with Crippen molar-refractivity contribution in [2.45, 2.75) is 19.4 Å². The molecule has 0 aliphatic carbocycles. The Morgan fingerprint density at radius 2 is 2.00 bits per heavy atom. The number of amides is 1. The molecular weight excluding hydrogens is 190 g/mol. The first-order valence-electron chi connectivity index (χ1n) is 4.56. The minimum atomic E-state index is -0.703. The van der Waals surface area contributed by atoms with Gasteiger partial charge in [0.2, 0.25) is 0 Å². The molecule has 3 nitrogen and oxygen atoms in total. The molecule has 1 aromatic rings. The van der Waals surface area contributed by atoms with E-state index in [0.29, 0.717) is 5.75 Å². The number of ether oxygens (including phenoxy) is 1. The Kier molecular flexibility index (Phi) is 3.35. The Morgan fingerprint density at radius 3 is 2.53 bits per heavy atom. The van der Waals surface area contributed by atoms with Crippen LogP contribution in [0.5, 0.6) is 5.75 Å². The molecular formula is C12H13NO2. The normalized spacial score (nSPS) is 10.2. The van der Waals surface area contributed by atoms with Gasteiger partial charge in [0.05, 0.1) is 5.54 Å². The van der Waals surface area contributed by atoms with E-state index >= 15 is 0 Å². The lowest BCUT2D eigenvalue weighted by Gasteiger charge is -2.18. The number of rotatable bonds is 2. The van der Waals surface area contributed by atoms with Gasteiger partial charge in [0, 0.05) is 0 Å². The molecule has 0 atom stereocenters. The largest absolute Gasteiger partial charge is 0.413 e. The van der Waals surface area contributed by atoms with Crippen LogP contribution < -0.4 is 10.1 Å². The van der Waals surface area contributed by atoms with Gasteiger partial charge in [0.25, 0.3) is 0 Å². The van der Waals surface area contributed by atoms with E-state index in [0.717, 1.165) is 0 Å². The topological polar surface area (TPSA) is 38.3 Å². The van der Waals surface area contributed by atoms with Crippen LogP contribution in [-0.4, -0.2) is 11.6 Å². The lowest BCUT2D eigenvalue weighted by Crippen LogP contribution is -2.43. The van der Waals surface area contributed by atoms with E-state index in [-0.39, 0.29) is 0 Å². The molecule has 0 aromatic heterocycles. The van der Waals surface area contributed by atoms with Crippen molar-refractivity contribution in [3.63, 3.8) is 0 Å². The quantitative estimate of drug-likeness (QED) is 0.748. The van der Waals surface area contributed by atoms with Crippen molar-refractivity contribution in [3.05, 3.63) is 30.3 Å². The van der Waals surface area contributed by atoms with Crippen molar-refractivity contribution >= 4 is 6.09 Å². The predicted octanol–water partition coefficient (Wildman–Crippen LogP) is 2.19. The van der Waals surface area contributed by atoms with Crippen LogP contribution in [0.2, 0.25) is 0 Å². The smallest absolute Gasteiger partial charge is 0.410 e. The second-order valence-corrected chi connectivity index (χ2v) is 3.60. The van der Waals surface area contributed by atoms with E-state index in [4.69, 9.17) is 11.2 Å². The van der Waals surface area contributed by atoms with Crippen molar-refractivity contribution in [3.8, 4) is 18.1 Å². The lowest BCUT2D eigenvalue weighted by atomic mass is 10.1. The van der Waals surface area contributed by atoms with Crippen molar-refractivity contribution in [1.29, 1.82) is 0 Å². The van der Waals surface area contributed by atoms with Crippen LogP contribution in [0.25, 0.3) is 0 Å². The molecule has 78 valence electrons. The monoisotopic (exact) mass is 203 g/mol. The third kappa shape index (κ3) is 3.74. The summed E-state index contributed by atoms with van der Waals surface area (Å²) >= 11 is 0. The van der Waals surface area contributed by atoms with Gasteiger partial charge in [-0.05, 0) is 26.0 Å². The average Bonchev–Trinajstić information content (AvgIpc) is 2.18. The molecule has 0 aliphatic rings. The van der Waals surface area contributed by atoms with Crippen LogP contribution in [0.1, 0.15) is 13.8 Å². The summed E-state index contributed by atoms with van der Waals surface area (Å²) in [6.07, 6.45) is 4.68. The number of terminal acetylenes is 1. The fourth-order valence-corrected chi connectivity index (χ4v) is 0.912. The number of hydrogen-bond donors (Lipinski definition) is 1. The first-order valence-corrected chi connectivity index (χ1v) is 4.56. The summed E-state index contributed by atoms with van der Waals surface area (Å²) in [5.41, 5.74) is -0.703. The van der Waals surface area contributed by atoms with Crippen LogP contribution >= 0.6 is 0 Å². The lowest BCUT2D eigenvalue weighted by molar-refractivity contribution is 0.194. The molecule has 1 N–H and O–H groups in total. The maximum absolute atomic E-state index is 11.4. The summed E-state index contributed by atoms with van der Waals surface area (Å²) in [4.78, 5) is 11.4. The number of para-hydroxylation sites is 1. The van der Waals surface area contributed by atoms with E-state index < -0.39 is 11.6 Å². The van der Waals surface area contributed by atoms with E-state index in [1.165, 1.54) is 0 Å². The van der Waals surface area contributed by atoms with Gasteiger partial charge in [0.15, 0.2) is 0 Å². The SMILES string of the molecule is C#CC(C)(C)NC(=O)Oc1ccccc1. The highest BCUT2D eigenvalue weighted by atomic mass is 16.6. The molecule has 0 fully saturated rings. The first-order chi connectivity index (χ1) is 7.03. The van der Waals surface area contributed by atoms with Crippen LogP contribution in [-0.2, 0) is 0 Å². The van der Waals surface area contributed by atoms with Crippen molar-refractivity contribution < 1.29 is 9.53 Å². The highest BCUT2D eigenvalue weighted by Gasteiger charge is 2.17. The standard InChI is InChI=1S/C12H13NO2/c1-4-12(2,3)13-11(14)15-10-8-6-5-7-9-10/h1,5-9H,2-3H3,(H,13,14). The van der Waals surface area contributed by atoms with Gasteiger partial charge in [-0.3, -0.25) is 0 Å². The van der Waals surface area contributed by atoms with Crippen LogP contribution in [0.3, 0.4) is 0 Å². The Bertz CT molecular complexity index is 376. The van der Waals surface area contributed by atoms with Gasteiger partial charge in [-0.2, -0.15) is 0 Å². The zero-order valence-electron chi connectivity index (χ0n) is 8.78. The van der Waals surface area contributed by atoms with Gasteiger partial charge >= 0.3 is 6.09 Å². The van der Waals surface area contributed by atoms with E-state index in [1.807, 2.05) is 6.07 Å². The molecule has 0 saturated carbocycles. The fraction of sp³-hybridized carbons (Fsp3) is 0.250. The summed E-state index contributed by atoms with van der Waals surface area (Å²) < 4.78 is 5.01. The highest BCUT2D eigenvalue weighted by Crippen LogP contribution is 2.09. The van der Waals surface area contributed by atoms with Gasteiger partial charge in [-0.15, -0.1) is 6.42 Å². The van der Waals surface area contributed by atoms with E-state index in [1.54, 1.807) is 38.1 Å². The molecule has 1 rings (SSSR count). The summed E-state index contributed by atoms with van der Waals surface area (Å²) in [7, 11) is 0. The molecule has 3 heteroatoms. The molecule has 15 heavy (non-hydrogen) atoms.